The summed E-state index contributed by atoms with van der Waals surface area (Å²) in [6.07, 6.45) is -0.907. The maximum Gasteiger partial charge on any atom is 0.410 e. The first-order valence-electron chi connectivity index (χ1n) is 5.08. The molecule has 1 unspecified atom stereocenters. The highest BCUT2D eigenvalue weighted by Gasteiger charge is 2.27. The second-order valence-electron chi connectivity index (χ2n) is 4.57. The summed E-state index contributed by atoms with van der Waals surface area (Å²) in [5, 5.41) is 0. The van der Waals surface area contributed by atoms with Crippen LogP contribution < -0.4 is 0 Å². The first kappa shape index (κ1) is 12.2. The van der Waals surface area contributed by atoms with Gasteiger partial charge < -0.3 is 14.4 Å². The molecule has 0 saturated carbocycles. The first-order chi connectivity index (χ1) is 6.92. The molecule has 4 nitrogen and oxygen atoms in total. The van der Waals surface area contributed by atoms with Crippen molar-refractivity contribution >= 4 is 6.09 Å². The Labute approximate surface area is 89.3 Å². The van der Waals surface area contributed by atoms with E-state index in [1.807, 2.05) is 0 Å². The van der Waals surface area contributed by atoms with Crippen LogP contribution >= 0.6 is 0 Å². The third-order valence-corrected chi connectivity index (χ3v) is 1.96. The molecule has 1 rings (SSSR count). The fourth-order valence-electron chi connectivity index (χ4n) is 1.31. The number of halogens is 1. The Morgan fingerprint density at radius 2 is 2.27 bits per heavy atom. The summed E-state index contributed by atoms with van der Waals surface area (Å²) >= 11 is 0. The van der Waals surface area contributed by atoms with Crippen LogP contribution in [0.4, 0.5) is 9.18 Å². The number of rotatable bonds is 1. The second kappa shape index (κ2) is 4.79. The molecule has 0 N–H and O–H groups in total. The van der Waals surface area contributed by atoms with E-state index in [2.05, 4.69) is 0 Å². The van der Waals surface area contributed by atoms with Crippen LogP contribution in [0.2, 0.25) is 0 Å². The van der Waals surface area contributed by atoms with Crippen LogP contribution in [0, 0.1) is 0 Å². The van der Waals surface area contributed by atoms with E-state index in [0.29, 0.717) is 13.2 Å². The molecule has 15 heavy (non-hydrogen) atoms. The van der Waals surface area contributed by atoms with Crippen LogP contribution in [0.1, 0.15) is 20.8 Å². The van der Waals surface area contributed by atoms with Gasteiger partial charge in [-0.25, -0.2) is 9.18 Å². The molecule has 88 valence electrons. The van der Waals surface area contributed by atoms with Crippen LogP contribution in [-0.4, -0.2) is 49.1 Å². The zero-order valence-electron chi connectivity index (χ0n) is 9.46. The minimum Gasteiger partial charge on any atom is -0.444 e. The van der Waals surface area contributed by atoms with Crippen LogP contribution in [0.5, 0.6) is 0 Å². The fourth-order valence-corrected chi connectivity index (χ4v) is 1.31. The summed E-state index contributed by atoms with van der Waals surface area (Å²) in [5.41, 5.74) is -0.513. The Bertz CT molecular complexity index is 227. The summed E-state index contributed by atoms with van der Waals surface area (Å²) in [4.78, 5) is 13.1. The van der Waals surface area contributed by atoms with Crippen molar-refractivity contribution in [3.63, 3.8) is 0 Å². The first-order valence-corrected chi connectivity index (χ1v) is 5.08. The van der Waals surface area contributed by atoms with Gasteiger partial charge in [-0.2, -0.15) is 0 Å². The van der Waals surface area contributed by atoms with Gasteiger partial charge in [0.1, 0.15) is 18.4 Å². The number of carbonyl (C=O) groups is 1. The number of carbonyl (C=O) groups excluding carboxylic acids is 1. The molecule has 0 radical (unpaired) electrons. The van der Waals surface area contributed by atoms with Crippen molar-refractivity contribution in [2.75, 3.05) is 26.4 Å². The van der Waals surface area contributed by atoms with E-state index in [4.69, 9.17) is 9.47 Å². The Balaban J connectivity index is 2.45. The molecule has 1 atom stereocenters. The van der Waals surface area contributed by atoms with Crippen molar-refractivity contribution in [3.05, 3.63) is 0 Å². The van der Waals surface area contributed by atoms with Crippen molar-refractivity contribution in [1.82, 2.24) is 4.90 Å². The van der Waals surface area contributed by atoms with Gasteiger partial charge in [-0.05, 0) is 20.8 Å². The van der Waals surface area contributed by atoms with E-state index in [9.17, 15) is 9.18 Å². The van der Waals surface area contributed by atoms with Crippen molar-refractivity contribution < 1.29 is 18.7 Å². The molecule has 1 aliphatic rings. The molecular weight excluding hydrogens is 201 g/mol. The zero-order chi connectivity index (χ0) is 11.5. The van der Waals surface area contributed by atoms with E-state index < -0.39 is 24.5 Å². The Morgan fingerprint density at radius 3 is 2.80 bits per heavy atom. The molecule has 0 aliphatic carbocycles. The maximum atomic E-state index is 12.3. The zero-order valence-corrected chi connectivity index (χ0v) is 9.46. The average molecular weight is 219 g/mol. The van der Waals surface area contributed by atoms with Gasteiger partial charge >= 0.3 is 6.09 Å². The van der Waals surface area contributed by atoms with Crippen LogP contribution in [0.3, 0.4) is 0 Å². The number of morpholine rings is 1. The largest absolute Gasteiger partial charge is 0.444 e. The summed E-state index contributed by atoms with van der Waals surface area (Å²) in [6, 6.07) is 0. The second-order valence-corrected chi connectivity index (χ2v) is 4.57. The number of hydrogen-bond acceptors (Lipinski definition) is 3. The molecular formula is C10H18FNO3. The topological polar surface area (TPSA) is 38.8 Å². The van der Waals surface area contributed by atoms with E-state index in [0.717, 1.165) is 0 Å². The van der Waals surface area contributed by atoms with E-state index >= 15 is 0 Å². The number of alkyl halides is 1. The van der Waals surface area contributed by atoms with Gasteiger partial charge in [-0.1, -0.05) is 0 Å². The highest BCUT2D eigenvalue weighted by atomic mass is 19.1. The predicted molar refractivity (Wildman–Crippen MR) is 53.5 cm³/mol. The molecule has 5 heteroatoms. The molecule has 0 aromatic carbocycles. The molecule has 1 fully saturated rings. The highest BCUT2D eigenvalue weighted by Crippen LogP contribution is 2.13. The molecule has 1 heterocycles. The quantitative estimate of drug-likeness (QED) is 0.672. The summed E-state index contributed by atoms with van der Waals surface area (Å²) < 4.78 is 22.6. The smallest absolute Gasteiger partial charge is 0.410 e. The van der Waals surface area contributed by atoms with Crippen LogP contribution in [0.15, 0.2) is 0 Å². The van der Waals surface area contributed by atoms with E-state index in [1.54, 1.807) is 20.8 Å². The van der Waals surface area contributed by atoms with Gasteiger partial charge in [0.15, 0.2) is 0 Å². The number of ether oxygens (including phenoxy) is 2. The van der Waals surface area contributed by atoms with Crippen molar-refractivity contribution in [2.24, 2.45) is 0 Å². The van der Waals surface area contributed by atoms with Gasteiger partial charge in [0, 0.05) is 6.54 Å². The maximum absolute atomic E-state index is 12.3. The molecule has 0 aromatic heterocycles. The molecule has 1 saturated heterocycles. The fraction of sp³-hybridized carbons (Fsp3) is 0.900. The van der Waals surface area contributed by atoms with Crippen molar-refractivity contribution in [2.45, 2.75) is 32.5 Å². The molecule has 1 aliphatic heterocycles. The van der Waals surface area contributed by atoms with Crippen molar-refractivity contribution in [3.8, 4) is 0 Å². The SMILES string of the molecule is CC(C)(C)OC(=O)N1CCOC(CF)C1. The summed E-state index contributed by atoms with van der Waals surface area (Å²) in [7, 11) is 0. The summed E-state index contributed by atoms with van der Waals surface area (Å²) in [5.74, 6) is 0. The molecule has 0 bridgehead atoms. The number of nitrogens with zero attached hydrogens (tertiary/aromatic N) is 1. The minimum absolute atomic E-state index is 0.269. The van der Waals surface area contributed by atoms with Gasteiger partial charge in [-0.15, -0.1) is 0 Å². The lowest BCUT2D eigenvalue weighted by Crippen LogP contribution is -2.48. The Morgan fingerprint density at radius 1 is 1.60 bits per heavy atom. The lowest BCUT2D eigenvalue weighted by Gasteiger charge is -2.33. The third-order valence-electron chi connectivity index (χ3n) is 1.96. The van der Waals surface area contributed by atoms with Gasteiger partial charge in [-0.3, -0.25) is 0 Å². The van der Waals surface area contributed by atoms with E-state index in [1.165, 1.54) is 4.90 Å². The van der Waals surface area contributed by atoms with E-state index in [-0.39, 0.29) is 6.54 Å². The number of amides is 1. The van der Waals surface area contributed by atoms with Gasteiger partial charge in [0.25, 0.3) is 0 Å². The summed E-state index contributed by atoms with van der Waals surface area (Å²) in [6.45, 7) is 5.94. The molecule has 1 amide bonds. The lowest BCUT2D eigenvalue weighted by atomic mass is 10.2. The minimum atomic E-state index is -0.570. The molecule has 0 spiro atoms. The van der Waals surface area contributed by atoms with Gasteiger partial charge in [0.2, 0.25) is 0 Å². The van der Waals surface area contributed by atoms with Gasteiger partial charge in [0.05, 0.1) is 13.2 Å². The predicted octanol–water partition coefficient (Wildman–Crippen LogP) is 1.59. The lowest BCUT2D eigenvalue weighted by molar-refractivity contribution is -0.0489. The monoisotopic (exact) mass is 219 g/mol. The van der Waals surface area contributed by atoms with Crippen LogP contribution in [-0.2, 0) is 9.47 Å². The normalized spacial score (nSPS) is 22.7. The third kappa shape index (κ3) is 4.03. The van der Waals surface area contributed by atoms with Crippen molar-refractivity contribution in [1.29, 1.82) is 0 Å². The molecule has 0 aromatic rings. The Kier molecular flexibility index (Phi) is 3.90. The Hall–Kier alpha value is -0.840. The standard InChI is InChI=1S/C10H18FNO3/c1-10(2,3)15-9(13)12-4-5-14-8(6-11)7-12/h8H,4-7H2,1-3H3. The highest BCUT2D eigenvalue weighted by molar-refractivity contribution is 5.68. The average Bonchev–Trinajstić information content (AvgIpc) is 2.15. The number of hydrogen-bond donors (Lipinski definition) is 0. The van der Waals surface area contributed by atoms with Crippen LogP contribution in [0.25, 0.3) is 0 Å².